The first kappa shape index (κ1) is 29.8. The standard InChI is InChI=1S/C29H37N3O6S/c1-6-37-28(33)17-22(21-14-23(30)29(31-4)26(16-21)36-5)20-9-8-19(3)24(15-20)32-11-12-38-25-13-18(2)7-10-27(25)39(34)35/h7-10,13-16,22,31-32H,6,11-12,17,30H2,1-5H3,(H,34,35)/t22-/m0/s1. The van der Waals surface area contributed by atoms with Crippen molar-refractivity contribution in [1.29, 1.82) is 0 Å². The van der Waals surface area contributed by atoms with Gasteiger partial charge < -0.3 is 35.1 Å². The normalized spacial score (nSPS) is 12.4. The third-order valence-electron chi connectivity index (χ3n) is 6.33. The number of hydrogen-bond acceptors (Lipinski definition) is 8. The highest BCUT2D eigenvalue weighted by Gasteiger charge is 2.23. The number of esters is 1. The summed E-state index contributed by atoms with van der Waals surface area (Å²) >= 11 is -2.14. The van der Waals surface area contributed by atoms with E-state index >= 15 is 0 Å². The second-order valence-corrected chi connectivity index (χ2v) is 9.99. The third-order valence-corrected chi connectivity index (χ3v) is 7.04. The Morgan fingerprint density at radius 3 is 2.51 bits per heavy atom. The number of nitrogens with one attached hydrogen (secondary N) is 2. The Hall–Kier alpha value is -3.76. The van der Waals surface area contributed by atoms with Crippen LogP contribution in [0.5, 0.6) is 11.5 Å². The Morgan fingerprint density at radius 1 is 1.08 bits per heavy atom. The minimum absolute atomic E-state index is 0.134. The van der Waals surface area contributed by atoms with Gasteiger partial charge in [-0.05, 0) is 73.4 Å². The van der Waals surface area contributed by atoms with Crippen LogP contribution >= 0.6 is 0 Å². The van der Waals surface area contributed by atoms with Crippen LogP contribution in [0, 0.1) is 13.8 Å². The smallest absolute Gasteiger partial charge is 0.306 e. The average Bonchev–Trinajstić information content (AvgIpc) is 2.90. The Labute approximate surface area is 232 Å². The van der Waals surface area contributed by atoms with Gasteiger partial charge >= 0.3 is 5.97 Å². The lowest BCUT2D eigenvalue weighted by Crippen LogP contribution is -2.15. The van der Waals surface area contributed by atoms with Crippen LogP contribution in [0.1, 0.15) is 41.5 Å². The number of anilines is 3. The maximum Gasteiger partial charge on any atom is 0.306 e. The molecule has 0 saturated carbocycles. The van der Waals surface area contributed by atoms with Gasteiger partial charge in [0.1, 0.15) is 23.0 Å². The molecule has 0 aliphatic rings. The van der Waals surface area contributed by atoms with Crippen molar-refractivity contribution in [2.24, 2.45) is 0 Å². The monoisotopic (exact) mass is 555 g/mol. The van der Waals surface area contributed by atoms with E-state index in [0.29, 0.717) is 36.0 Å². The van der Waals surface area contributed by atoms with Crippen molar-refractivity contribution in [3.63, 3.8) is 0 Å². The Morgan fingerprint density at radius 2 is 1.85 bits per heavy atom. The van der Waals surface area contributed by atoms with E-state index < -0.39 is 11.1 Å². The van der Waals surface area contributed by atoms with E-state index in [1.54, 1.807) is 39.3 Å². The predicted octanol–water partition coefficient (Wildman–Crippen LogP) is 5.09. The number of hydrogen-bond donors (Lipinski definition) is 4. The number of ether oxygens (including phenoxy) is 3. The second-order valence-electron chi connectivity index (χ2n) is 9.05. The molecule has 0 fully saturated rings. The van der Waals surface area contributed by atoms with E-state index in [1.807, 2.05) is 44.2 Å². The molecule has 210 valence electrons. The fourth-order valence-electron chi connectivity index (χ4n) is 4.37. The molecule has 5 N–H and O–H groups in total. The number of nitrogens with two attached hydrogens (primary N) is 1. The highest BCUT2D eigenvalue weighted by Crippen LogP contribution is 2.39. The summed E-state index contributed by atoms with van der Waals surface area (Å²) < 4.78 is 37.8. The first-order chi connectivity index (χ1) is 18.7. The molecule has 0 aliphatic carbocycles. The van der Waals surface area contributed by atoms with E-state index in [2.05, 4.69) is 10.6 Å². The second kappa shape index (κ2) is 13.9. The van der Waals surface area contributed by atoms with Crippen molar-refractivity contribution in [3.8, 4) is 11.5 Å². The number of benzene rings is 3. The van der Waals surface area contributed by atoms with Crippen LogP contribution in [-0.4, -0.2) is 48.6 Å². The first-order valence-corrected chi connectivity index (χ1v) is 13.8. The van der Waals surface area contributed by atoms with Gasteiger partial charge in [-0.2, -0.15) is 0 Å². The maximum atomic E-state index is 12.6. The van der Waals surface area contributed by atoms with Gasteiger partial charge in [0, 0.05) is 25.2 Å². The van der Waals surface area contributed by atoms with E-state index in [0.717, 1.165) is 27.9 Å². The third kappa shape index (κ3) is 7.64. The van der Waals surface area contributed by atoms with E-state index in [-0.39, 0.29) is 29.8 Å². The number of carbonyl (C=O) groups excluding carboxylic acids is 1. The molecule has 2 atom stereocenters. The lowest BCUT2D eigenvalue weighted by atomic mass is 9.87. The number of methoxy groups -OCH3 is 1. The van der Waals surface area contributed by atoms with E-state index in [1.165, 1.54) is 0 Å². The fourth-order valence-corrected chi connectivity index (χ4v) is 4.84. The van der Waals surface area contributed by atoms with E-state index in [4.69, 9.17) is 19.9 Å². The minimum atomic E-state index is -2.14. The summed E-state index contributed by atoms with van der Waals surface area (Å²) in [6, 6.07) is 14.8. The van der Waals surface area contributed by atoms with Crippen LogP contribution in [0.2, 0.25) is 0 Å². The highest BCUT2D eigenvalue weighted by atomic mass is 32.2. The van der Waals surface area contributed by atoms with Gasteiger partial charge in [0.15, 0.2) is 11.1 Å². The quantitative estimate of drug-likeness (QED) is 0.0985. The molecule has 39 heavy (non-hydrogen) atoms. The molecule has 0 spiro atoms. The molecule has 3 rings (SSSR count). The molecule has 10 heteroatoms. The van der Waals surface area contributed by atoms with Gasteiger partial charge in [-0.3, -0.25) is 4.79 Å². The largest absolute Gasteiger partial charge is 0.494 e. The summed E-state index contributed by atoms with van der Waals surface area (Å²) in [4.78, 5) is 12.8. The number of rotatable bonds is 13. The average molecular weight is 556 g/mol. The van der Waals surface area contributed by atoms with Crippen molar-refractivity contribution < 1.29 is 27.8 Å². The topological polar surface area (TPSA) is 132 Å². The van der Waals surface area contributed by atoms with E-state index in [9.17, 15) is 13.6 Å². The Bertz CT molecular complexity index is 1330. The minimum Gasteiger partial charge on any atom is -0.494 e. The molecule has 3 aromatic rings. The lowest BCUT2D eigenvalue weighted by Gasteiger charge is -2.22. The van der Waals surface area contributed by atoms with Gasteiger partial charge in [-0.1, -0.05) is 18.2 Å². The number of aryl methyl sites for hydroxylation is 2. The molecular formula is C29H37N3O6S. The summed E-state index contributed by atoms with van der Waals surface area (Å²) in [6.45, 7) is 6.70. The predicted molar refractivity (Wildman–Crippen MR) is 155 cm³/mol. The summed E-state index contributed by atoms with van der Waals surface area (Å²) in [6.07, 6.45) is 0.134. The van der Waals surface area contributed by atoms with Crippen molar-refractivity contribution in [2.45, 2.75) is 38.0 Å². The lowest BCUT2D eigenvalue weighted by molar-refractivity contribution is -0.143. The highest BCUT2D eigenvalue weighted by molar-refractivity contribution is 7.79. The maximum absolute atomic E-state index is 12.6. The van der Waals surface area contributed by atoms with Crippen LogP contribution < -0.4 is 25.8 Å². The first-order valence-electron chi connectivity index (χ1n) is 12.7. The molecule has 1 unspecified atom stereocenters. The molecule has 3 aromatic carbocycles. The van der Waals surface area contributed by atoms with Crippen LogP contribution in [0.4, 0.5) is 17.1 Å². The summed E-state index contributed by atoms with van der Waals surface area (Å²) in [5.74, 6) is 0.340. The van der Waals surface area contributed by atoms with Gasteiger partial charge in [0.05, 0.1) is 31.5 Å². The summed E-state index contributed by atoms with van der Waals surface area (Å²) in [5, 5.41) is 6.44. The van der Waals surface area contributed by atoms with Crippen molar-refractivity contribution in [1.82, 2.24) is 0 Å². The summed E-state index contributed by atoms with van der Waals surface area (Å²) in [7, 11) is 3.35. The molecule has 9 nitrogen and oxygen atoms in total. The van der Waals surface area contributed by atoms with Gasteiger partial charge in [-0.15, -0.1) is 0 Å². The van der Waals surface area contributed by atoms with Gasteiger partial charge in [0.2, 0.25) is 0 Å². The number of nitrogen functional groups attached to an aromatic ring is 1. The zero-order chi connectivity index (χ0) is 28.5. The molecule has 0 amide bonds. The van der Waals surface area contributed by atoms with Crippen LogP contribution in [0.3, 0.4) is 0 Å². The molecule has 0 saturated heterocycles. The molecular weight excluding hydrogens is 518 g/mol. The zero-order valence-corrected chi connectivity index (χ0v) is 23.8. The van der Waals surface area contributed by atoms with Crippen LogP contribution in [0.25, 0.3) is 0 Å². The molecule has 0 aliphatic heterocycles. The van der Waals surface area contributed by atoms with Crippen LogP contribution in [0.15, 0.2) is 53.4 Å². The van der Waals surface area contributed by atoms with Gasteiger partial charge in [-0.25, -0.2) is 4.21 Å². The molecule has 0 bridgehead atoms. The SMILES string of the molecule is CCOC(=O)C[C@@H](c1ccc(C)c(NCCOc2cc(C)ccc2S(=O)O)c1)c1cc(N)c(NC)c(OC)c1. The van der Waals surface area contributed by atoms with Crippen LogP contribution in [-0.2, 0) is 20.6 Å². The van der Waals surface area contributed by atoms with Crippen molar-refractivity contribution in [2.75, 3.05) is 50.3 Å². The fraction of sp³-hybridized carbons (Fsp3) is 0.345. The zero-order valence-electron chi connectivity index (χ0n) is 23.0. The van der Waals surface area contributed by atoms with Gasteiger partial charge in [0.25, 0.3) is 0 Å². The Balaban J connectivity index is 1.85. The molecule has 0 aromatic heterocycles. The van der Waals surface area contributed by atoms with Crippen molar-refractivity contribution >= 4 is 34.1 Å². The summed E-state index contributed by atoms with van der Waals surface area (Å²) in [5.41, 5.74) is 12.1. The number of carbonyl (C=O) groups is 1. The molecule has 0 radical (unpaired) electrons. The Kier molecular flexibility index (Phi) is 10.6. The van der Waals surface area contributed by atoms with Crippen molar-refractivity contribution in [3.05, 3.63) is 70.8 Å². The molecule has 0 heterocycles.